The molecule has 0 aromatic carbocycles. The standard InChI is InChI=1S/C22H39N3O/c1-3-4-5-6-7-8-9-10-11-12-13-14-15-16-17-18-21(26)23-20-19-22(2)24-25-22/h1,10-11,24-25H,4-9,12-20H2,2H3,(H,23,26)/b11-10-. The molecule has 0 aliphatic carbocycles. The molecule has 1 amide bonds. The van der Waals surface area contributed by atoms with Crippen LogP contribution in [0, 0.1) is 12.3 Å². The number of unbranched alkanes of at least 4 members (excludes halogenated alkanes) is 10. The van der Waals surface area contributed by atoms with Crippen molar-refractivity contribution in [3.8, 4) is 12.3 Å². The van der Waals surface area contributed by atoms with E-state index in [9.17, 15) is 4.79 Å². The van der Waals surface area contributed by atoms with Crippen LogP contribution in [0.15, 0.2) is 12.2 Å². The molecule has 148 valence electrons. The van der Waals surface area contributed by atoms with E-state index in [1.54, 1.807) is 0 Å². The molecule has 4 heteroatoms. The van der Waals surface area contributed by atoms with E-state index in [1.165, 1.54) is 57.8 Å². The second kappa shape index (κ2) is 14.8. The molecule has 0 spiro atoms. The predicted molar refractivity (Wildman–Crippen MR) is 110 cm³/mol. The summed E-state index contributed by atoms with van der Waals surface area (Å²) in [5.74, 6) is 2.88. The van der Waals surface area contributed by atoms with Crippen molar-refractivity contribution in [3.05, 3.63) is 12.2 Å². The number of rotatable bonds is 17. The zero-order valence-corrected chi connectivity index (χ0v) is 16.7. The van der Waals surface area contributed by atoms with Crippen molar-refractivity contribution in [1.82, 2.24) is 16.2 Å². The maximum atomic E-state index is 11.7. The highest BCUT2D eigenvalue weighted by Gasteiger charge is 2.34. The average molecular weight is 362 g/mol. The van der Waals surface area contributed by atoms with Gasteiger partial charge in [0.15, 0.2) is 0 Å². The van der Waals surface area contributed by atoms with Crippen molar-refractivity contribution in [2.45, 2.75) is 102 Å². The molecule has 0 saturated carbocycles. The summed E-state index contributed by atoms with van der Waals surface area (Å²) in [5.41, 5.74) is 6.19. The van der Waals surface area contributed by atoms with Gasteiger partial charge in [-0.2, -0.15) is 0 Å². The monoisotopic (exact) mass is 361 g/mol. The van der Waals surface area contributed by atoms with E-state index in [-0.39, 0.29) is 11.6 Å². The van der Waals surface area contributed by atoms with Crippen molar-refractivity contribution >= 4 is 5.91 Å². The van der Waals surface area contributed by atoms with Gasteiger partial charge in [-0.25, -0.2) is 10.9 Å². The Bertz CT molecular complexity index is 435. The van der Waals surface area contributed by atoms with Crippen LogP contribution in [0.2, 0.25) is 0 Å². The number of hydrazine groups is 1. The summed E-state index contributed by atoms with van der Waals surface area (Å²) in [6.07, 6.45) is 25.8. The molecule has 1 saturated heterocycles. The molecule has 1 rings (SSSR count). The van der Waals surface area contributed by atoms with Crippen molar-refractivity contribution in [3.63, 3.8) is 0 Å². The van der Waals surface area contributed by atoms with E-state index in [0.717, 1.165) is 32.2 Å². The van der Waals surface area contributed by atoms with Crippen LogP contribution in [-0.2, 0) is 4.79 Å². The lowest BCUT2D eigenvalue weighted by atomic mass is 10.1. The molecular weight excluding hydrogens is 322 g/mol. The first-order valence-electron chi connectivity index (χ1n) is 10.6. The Kier molecular flexibility index (Phi) is 13.0. The molecule has 1 aliphatic rings. The van der Waals surface area contributed by atoms with Gasteiger partial charge < -0.3 is 5.32 Å². The van der Waals surface area contributed by atoms with Gasteiger partial charge in [-0.1, -0.05) is 44.3 Å². The fourth-order valence-electron chi connectivity index (χ4n) is 2.93. The lowest BCUT2D eigenvalue weighted by molar-refractivity contribution is -0.121. The number of carbonyl (C=O) groups is 1. The minimum absolute atomic E-state index is 0.0455. The zero-order valence-electron chi connectivity index (χ0n) is 16.7. The van der Waals surface area contributed by atoms with Crippen LogP contribution < -0.4 is 16.2 Å². The van der Waals surface area contributed by atoms with E-state index < -0.39 is 0 Å². The Morgan fingerprint density at radius 1 is 0.962 bits per heavy atom. The van der Waals surface area contributed by atoms with Crippen LogP contribution >= 0.6 is 0 Å². The number of amides is 1. The maximum Gasteiger partial charge on any atom is 0.219 e. The highest BCUT2D eigenvalue weighted by atomic mass is 16.1. The Hall–Kier alpha value is -1.31. The number of allylic oxidation sites excluding steroid dienone is 2. The van der Waals surface area contributed by atoms with Gasteiger partial charge in [0, 0.05) is 19.4 Å². The summed E-state index contributed by atoms with van der Waals surface area (Å²) in [5, 5.41) is 2.99. The number of hydrogen-bond donors (Lipinski definition) is 3. The third kappa shape index (κ3) is 13.9. The van der Waals surface area contributed by atoms with E-state index in [0.29, 0.717) is 6.42 Å². The summed E-state index contributed by atoms with van der Waals surface area (Å²) in [7, 11) is 0. The van der Waals surface area contributed by atoms with Gasteiger partial charge in [0.05, 0.1) is 5.66 Å². The summed E-state index contributed by atoms with van der Waals surface area (Å²) in [6.45, 7) is 2.84. The number of nitrogens with one attached hydrogen (secondary N) is 3. The van der Waals surface area contributed by atoms with Crippen molar-refractivity contribution in [2.24, 2.45) is 0 Å². The topological polar surface area (TPSA) is 73.0 Å². The molecule has 0 aromatic rings. The van der Waals surface area contributed by atoms with Gasteiger partial charge in [-0.15, -0.1) is 12.3 Å². The van der Waals surface area contributed by atoms with Gasteiger partial charge >= 0.3 is 0 Å². The first-order chi connectivity index (χ1) is 12.7. The first kappa shape index (κ1) is 22.7. The Balaban J connectivity index is 1.75. The molecular formula is C22H39N3O. The number of hydrogen-bond acceptors (Lipinski definition) is 3. The van der Waals surface area contributed by atoms with E-state index in [1.807, 2.05) is 0 Å². The highest BCUT2D eigenvalue weighted by molar-refractivity contribution is 5.75. The highest BCUT2D eigenvalue weighted by Crippen LogP contribution is 2.12. The van der Waals surface area contributed by atoms with Gasteiger partial charge in [-0.05, 0) is 51.9 Å². The summed E-state index contributed by atoms with van der Waals surface area (Å²) >= 11 is 0. The zero-order chi connectivity index (χ0) is 18.9. The van der Waals surface area contributed by atoms with Crippen LogP contribution in [0.4, 0.5) is 0 Å². The van der Waals surface area contributed by atoms with Gasteiger partial charge in [0.2, 0.25) is 5.91 Å². The molecule has 0 radical (unpaired) electrons. The van der Waals surface area contributed by atoms with E-state index in [4.69, 9.17) is 6.42 Å². The molecule has 3 N–H and O–H groups in total. The average Bonchev–Trinajstić information content (AvgIpc) is 3.35. The first-order valence-corrected chi connectivity index (χ1v) is 10.6. The summed E-state index contributed by atoms with van der Waals surface area (Å²) < 4.78 is 0. The SMILES string of the molecule is C#CCCCCCC/C=C\CCCCCCCC(=O)NCCC1(C)NN1. The fraction of sp³-hybridized carbons (Fsp3) is 0.773. The maximum absolute atomic E-state index is 11.7. The third-order valence-corrected chi connectivity index (χ3v) is 4.88. The van der Waals surface area contributed by atoms with Crippen LogP contribution in [0.1, 0.15) is 96.8 Å². The predicted octanol–water partition coefficient (Wildman–Crippen LogP) is 4.58. The van der Waals surface area contributed by atoms with Crippen molar-refractivity contribution in [2.75, 3.05) is 6.54 Å². The molecule has 1 fully saturated rings. The van der Waals surface area contributed by atoms with E-state index >= 15 is 0 Å². The normalized spacial score (nSPS) is 15.1. The number of carbonyl (C=O) groups excluding carboxylic acids is 1. The molecule has 26 heavy (non-hydrogen) atoms. The molecule has 4 nitrogen and oxygen atoms in total. The Labute approximate surface area is 160 Å². The van der Waals surface area contributed by atoms with Crippen molar-refractivity contribution < 1.29 is 4.79 Å². The van der Waals surface area contributed by atoms with Gasteiger partial charge in [0.25, 0.3) is 0 Å². The van der Waals surface area contributed by atoms with E-state index in [2.05, 4.69) is 41.2 Å². The van der Waals surface area contributed by atoms with Crippen LogP contribution in [-0.4, -0.2) is 18.1 Å². The summed E-state index contributed by atoms with van der Waals surface area (Å²) in [4.78, 5) is 11.7. The molecule has 0 bridgehead atoms. The molecule has 0 aromatic heterocycles. The lowest BCUT2D eigenvalue weighted by Crippen LogP contribution is -2.28. The van der Waals surface area contributed by atoms with Gasteiger partial charge in [0.1, 0.15) is 0 Å². The smallest absolute Gasteiger partial charge is 0.219 e. The second-order valence-corrected chi connectivity index (χ2v) is 7.62. The second-order valence-electron chi connectivity index (χ2n) is 7.62. The fourth-order valence-corrected chi connectivity index (χ4v) is 2.93. The quantitative estimate of drug-likeness (QED) is 0.154. The molecule has 0 unspecified atom stereocenters. The third-order valence-electron chi connectivity index (χ3n) is 4.88. The Morgan fingerprint density at radius 2 is 1.54 bits per heavy atom. The van der Waals surface area contributed by atoms with Crippen LogP contribution in [0.3, 0.4) is 0 Å². The van der Waals surface area contributed by atoms with Crippen molar-refractivity contribution in [1.29, 1.82) is 0 Å². The van der Waals surface area contributed by atoms with Crippen LogP contribution in [0.25, 0.3) is 0 Å². The number of terminal acetylenes is 1. The Morgan fingerprint density at radius 3 is 2.15 bits per heavy atom. The minimum Gasteiger partial charge on any atom is -0.356 e. The molecule has 1 heterocycles. The molecule has 0 atom stereocenters. The lowest BCUT2D eigenvalue weighted by Gasteiger charge is -2.07. The molecule has 1 aliphatic heterocycles. The minimum atomic E-state index is 0.0455. The summed E-state index contributed by atoms with van der Waals surface area (Å²) in [6, 6.07) is 0. The van der Waals surface area contributed by atoms with Crippen LogP contribution in [0.5, 0.6) is 0 Å². The van der Waals surface area contributed by atoms with Gasteiger partial charge in [-0.3, -0.25) is 4.79 Å². The largest absolute Gasteiger partial charge is 0.356 e.